The second-order valence-corrected chi connectivity index (χ2v) is 6.00. The van der Waals surface area contributed by atoms with E-state index in [1.165, 1.54) is 11.0 Å². The van der Waals surface area contributed by atoms with Crippen LogP contribution in [0.3, 0.4) is 0 Å². The molecule has 0 aliphatic carbocycles. The Bertz CT molecular complexity index is 703. The predicted octanol–water partition coefficient (Wildman–Crippen LogP) is 4.18. The molecule has 2 rings (SSSR count). The van der Waals surface area contributed by atoms with Crippen LogP contribution >= 0.6 is 15.9 Å². The predicted molar refractivity (Wildman–Crippen MR) is 87.6 cm³/mol. The second kappa shape index (κ2) is 6.92. The van der Waals surface area contributed by atoms with Gasteiger partial charge in [-0.15, -0.1) is 0 Å². The van der Waals surface area contributed by atoms with Gasteiger partial charge in [0.25, 0.3) is 5.91 Å². The average molecular weight is 366 g/mol. The zero-order valence-electron chi connectivity index (χ0n) is 12.7. The fourth-order valence-electron chi connectivity index (χ4n) is 2.14. The van der Waals surface area contributed by atoms with E-state index in [0.717, 1.165) is 10.0 Å². The van der Waals surface area contributed by atoms with Gasteiger partial charge in [-0.05, 0) is 42.8 Å². The van der Waals surface area contributed by atoms with Gasteiger partial charge in [0, 0.05) is 29.2 Å². The number of hydrogen-bond donors (Lipinski definition) is 0. The summed E-state index contributed by atoms with van der Waals surface area (Å²) in [6, 6.07) is 10.1. The Morgan fingerprint density at radius 3 is 2.64 bits per heavy atom. The maximum Gasteiger partial charge on any atom is 0.254 e. The van der Waals surface area contributed by atoms with Gasteiger partial charge >= 0.3 is 0 Å². The highest BCUT2D eigenvalue weighted by Crippen LogP contribution is 2.24. The highest BCUT2D eigenvalue weighted by molar-refractivity contribution is 9.10. The van der Waals surface area contributed by atoms with Crippen LogP contribution in [-0.4, -0.2) is 25.0 Å². The maximum atomic E-state index is 13.6. The quantitative estimate of drug-likeness (QED) is 0.813. The van der Waals surface area contributed by atoms with Crippen molar-refractivity contribution in [1.82, 2.24) is 4.90 Å². The summed E-state index contributed by atoms with van der Waals surface area (Å²) in [6.07, 6.45) is 0. The Kier molecular flexibility index (Phi) is 5.19. The molecule has 0 saturated heterocycles. The Balaban J connectivity index is 2.21. The molecule has 2 aromatic rings. The number of benzene rings is 2. The maximum absolute atomic E-state index is 13.6. The van der Waals surface area contributed by atoms with Gasteiger partial charge in [-0.1, -0.05) is 22.0 Å². The molecule has 0 bridgehead atoms. The lowest BCUT2D eigenvalue weighted by molar-refractivity contribution is 0.0783. The molecule has 0 spiro atoms. The molecule has 5 heteroatoms. The molecule has 116 valence electrons. The van der Waals surface area contributed by atoms with Crippen LogP contribution in [0, 0.1) is 12.7 Å². The molecule has 3 nitrogen and oxygen atoms in total. The van der Waals surface area contributed by atoms with E-state index in [1.807, 2.05) is 18.2 Å². The molecule has 0 heterocycles. The Morgan fingerprint density at radius 2 is 2.00 bits per heavy atom. The molecular formula is C17H17BrFNO2. The van der Waals surface area contributed by atoms with Crippen molar-refractivity contribution in [2.75, 3.05) is 14.2 Å². The largest absolute Gasteiger partial charge is 0.496 e. The van der Waals surface area contributed by atoms with E-state index in [0.29, 0.717) is 23.4 Å². The topological polar surface area (TPSA) is 29.5 Å². The SMILES string of the molecule is COc1ccc(Br)cc1CN(C)C(=O)c1ccc(C)c(F)c1. The van der Waals surface area contributed by atoms with E-state index < -0.39 is 0 Å². The Morgan fingerprint density at radius 1 is 1.27 bits per heavy atom. The van der Waals surface area contributed by atoms with Gasteiger partial charge in [-0.3, -0.25) is 4.79 Å². The van der Waals surface area contributed by atoms with Gasteiger partial charge in [0.05, 0.1) is 7.11 Å². The summed E-state index contributed by atoms with van der Waals surface area (Å²) in [5, 5.41) is 0. The van der Waals surface area contributed by atoms with Crippen LogP contribution in [0.5, 0.6) is 5.75 Å². The monoisotopic (exact) mass is 365 g/mol. The highest BCUT2D eigenvalue weighted by Gasteiger charge is 2.15. The lowest BCUT2D eigenvalue weighted by Gasteiger charge is -2.19. The number of carbonyl (C=O) groups is 1. The van der Waals surface area contributed by atoms with Crippen molar-refractivity contribution >= 4 is 21.8 Å². The molecule has 0 unspecified atom stereocenters. The van der Waals surface area contributed by atoms with E-state index >= 15 is 0 Å². The lowest BCUT2D eigenvalue weighted by atomic mass is 10.1. The molecule has 0 atom stereocenters. The third-order valence-corrected chi connectivity index (χ3v) is 3.91. The number of nitrogens with zero attached hydrogens (tertiary/aromatic N) is 1. The first-order valence-corrected chi connectivity index (χ1v) is 7.55. The lowest BCUT2D eigenvalue weighted by Crippen LogP contribution is -2.26. The van der Waals surface area contributed by atoms with Gasteiger partial charge in [0.1, 0.15) is 11.6 Å². The van der Waals surface area contributed by atoms with E-state index in [1.54, 1.807) is 33.2 Å². The van der Waals surface area contributed by atoms with Crippen LogP contribution in [0.15, 0.2) is 40.9 Å². The van der Waals surface area contributed by atoms with E-state index in [9.17, 15) is 9.18 Å². The molecular weight excluding hydrogens is 349 g/mol. The summed E-state index contributed by atoms with van der Waals surface area (Å²) in [6.45, 7) is 2.04. The average Bonchev–Trinajstić information content (AvgIpc) is 2.49. The van der Waals surface area contributed by atoms with Crippen LogP contribution < -0.4 is 4.74 Å². The van der Waals surface area contributed by atoms with Crippen LogP contribution in [0.4, 0.5) is 4.39 Å². The molecule has 0 radical (unpaired) electrons. The van der Waals surface area contributed by atoms with Gasteiger partial charge in [0.2, 0.25) is 0 Å². The van der Waals surface area contributed by atoms with E-state index in [2.05, 4.69) is 15.9 Å². The zero-order valence-corrected chi connectivity index (χ0v) is 14.3. The number of rotatable bonds is 4. The number of halogens is 2. The summed E-state index contributed by atoms with van der Waals surface area (Å²) in [5.74, 6) is 0.0955. The van der Waals surface area contributed by atoms with Gasteiger partial charge in [-0.25, -0.2) is 4.39 Å². The zero-order chi connectivity index (χ0) is 16.3. The Hall–Kier alpha value is -1.88. The fourth-order valence-corrected chi connectivity index (χ4v) is 2.55. The number of aryl methyl sites for hydroxylation is 1. The first-order chi connectivity index (χ1) is 10.4. The molecule has 0 fully saturated rings. The number of amides is 1. The van der Waals surface area contributed by atoms with Gasteiger partial charge in [0.15, 0.2) is 0 Å². The summed E-state index contributed by atoms with van der Waals surface area (Å²) in [5.41, 5.74) is 1.73. The molecule has 0 aliphatic rings. The molecule has 0 aromatic heterocycles. The number of ether oxygens (including phenoxy) is 1. The first kappa shape index (κ1) is 16.5. The minimum Gasteiger partial charge on any atom is -0.496 e. The summed E-state index contributed by atoms with van der Waals surface area (Å²) >= 11 is 3.41. The van der Waals surface area contributed by atoms with Crippen LogP contribution in [0.25, 0.3) is 0 Å². The second-order valence-electron chi connectivity index (χ2n) is 5.08. The van der Waals surface area contributed by atoms with E-state index in [-0.39, 0.29) is 11.7 Å². The third-order valence-electron chi connectivity index (χ3n) is 3.42. The van der Waals surface area contributed by atoms with Crippen LogP contribution in [-0.2, 0) is 6.54 Å². The van der Waals surface area contributed by atoms with Crippen molar-refractivity contribution in [3.63, 3.8) is 0 Å². The minimum atomic E-state index is -0.376. The molecule has 22 heavy (non-hydrogen) atoms. The first-order valence-electron chi connectivity index (χ1n) is 6.76. The summed E-state index contributed by atoms with van der Waals surface area (Å²) < 4.78 is 19.8. The molecule has 2 aromatic carbocycles. The molecule has 0 aliphatic heterocycles. The van der Waals surface area contributed by atoms with Crippen molar-refractivity contribution in [2.45, 2.75) is 13.5 Å². The summed E-state index contributed by atoms with van der Waals surface area (Å²) in [7, 11) is 3.27. The van der Waals surface area contributed by atoms with Crippen molar-refractivity contribution in [2.24, 2.45) is 0 Å². The number of carbonyl (C=O) groups excluding carboxylic acids is 1. The van der Waals surface area contributed by atoms with Crippen molar-refractivity contribution in [3.05, 3.63) is 63.4 Å². The molecule has 0 N–H and O–H groups in total. The van der Waals surface area contributed by atoms with E-state index in [4.69, 9.17) is 4.74 Å². The third kappa shape index (κ3) is 3.65. The minimum absolute atomic E-state index is 0.235. The number of methoxy groups -OCH3 is 1. The standard InChI is InChI=1S/C17H17BrFNO2/c1-11-4-5-12(9-15(11)19)17(21)20(2)10-13-8-14(18)6-7-16(13)22-3/h4-9H,10H2,1-3H3. The molecule has 0 saturated carbocycles. The molecule has 1 amide bonds. The fraction of sp³-hybridized carbons (Fsp3) is 0.235. The van der Waals surface area contributed by atoms with Crippen molar-refractivity contribution < 1.29 is 13.9 Å². The van der Waals surface area contributed by atoms with Crippen molar-refractivity contribution in [3.8, 4) is 5.75 Å². The van der Waals surface area contributed by atoms with Crippen LogP contribution in [0.2, 0.25) is 0 Å². The Labute approximate surface area is 137 Å². The highest BCUT2D eigenvalue weighted by atomic mass is 79.9. The summed E-state index contributed by atoms with van der Waals surface area (Å²) in [4.78, 5) is 13.9. The van der Waals surface area contributed by atoms with Gasteiger partial charge in [-0.2, -0.15) is 0 Å². The number of hydrogen-bond acceptors (Lipinski definition) is 2. The smallest absolute Gasteiger partial charge is 0.254 e. The van der Waals surface area contributed by atoms with Gasteiger partial charge < -0.3 is 9.64 Å². The van der Waals surface area contributed by atoms with Crippen LogP contribution in [0.1, 0.15) is 21.5 Å². The normalized spacial score (nSPS) is 10.4. The van der Waals surface area contributed by atoms with Crippen molar-refractivity contribution in [1.29, 1.82) is 0 Å².